The van der Waals surface area contributed by atoms with E-state index >= 15 is 0 Å². The highest BCUT2D eigenvalue weighted by atomic mass is 16.3. The van der Waals surface area contributed by atoms with Crippen molar-refractivity contribution < 1.29 is 5.11 Å². The number of aliphatic hydroxyl groups excluding tert-OH is 1. The molecule has 1 atom stereocenters. The van der Waals surface area contributed by atoms with Crippen LogP contribution in [0.2, 0.25) is 0 Å². The smallest absolute Gasteiger partial charge is 0.137 e. The van der Waals surface area contributed by atoms with Crippen molar-refractivity contribution in [2.24, 2.45) is 13.0 Å². The number of aryl methyl sites for hydroxylation is 1. The molecule has 3 rings (SSSR count). The third-order valence-electron chi connectivity index (χ3n) is 5.43. The highest BCUT2D eigenvalue weighted by Gasteiger charge is 2.28. The average Bonchev–Trinajstić information content (AvgIpc) is 3.01. The SMILES string of the molecule is Cn1ccnc1C(O)C1CCN(Cc2ccc(C(C)(C)C)cc2)CC1. The Morgan fingerprint density at radius 2 is 1.80 bits per heavy atom. The van der Waals surface area contributed by atoms with Crippen molar-refractivity contribution in [1.29, 1.82) is 0 Å². The van der Waals surface area contributed by atoms with Gasteiger partial charge in [-0.3, -0.25) is 4.90 Å². The predicted molar refractivity (Wildman–Crippen MR) is 101 cm³/mol. The Bertz CT molecular complexity index is 676. The van der Waals surface area contributed by atoms with E-state index in [0.29, 0.717) is 5.92 Å². The van der Waals surface area contributed by atoms with Crippen LogP contribution in [0.1, 0.15) is 56.7 Å². The molecule has 2 aromatic rings. The van der Waals surface area contributed by atoms with Crippen LogP contribution in [0.5, 0.6) is 0 Å². The van der Waals surface area contributed by atoms with E-state index in [2.05, 4.69) is 54.9 Å². The summed E-state index contributed by atoms with van der Waals surface area (Å²) in [5.74, 6) is 1.09. The molecule has 0 aliphatic carbocycles. The van der Waals surface area contributed by atoms with Gasteiger partial charge < -0.3 is 9.67 Å². The largest absolute Gasteiger partial charge is 0.385 e. The number of aromatic nitrogens is 2. The Hall–Kier alpha value is -1.65. The average molecular weight is 341 g/mol. The lowest BCUT2D eigenvalue weighted by molar-refractivity contribution is 0.0492. The van der Waals surface area contributed by atoms with Crippen LogP contribution in [0.3, 0.4) is 0 Å². The summed E-state index contributed by atoms with van der Waals surface area (Å²) in [6.07, 6.45) is 5.25. The number of piperidine rings is 1. The number of benzene rings is 1. The summed E-state index contributed by atoms with van der Waals surface area (Å²) >= 11 is 0. The molecule has 1 unspecified atom stereocenters. The van der Waals surface area contributed by atoms with Gasteiger partial charge in [-0.05, 0) is 48.4 Å². The van der Waals surface area contributed by atoms with Gasteiger partial charge >= 0.3 is 0 Å². The molecular weight excluding hydrogens is 310 g/mol. The molecule has 0 bridgehead atoms. The second-order valence-electron chi connectivity index (χ2n) is 8.40. The minimum absolute atomic E-state index is 0.206. The molecule has 0 amide bonds. The third kappa shape index (κ3) is 4.31. The normalized spacial score (nSPS) is 18.4. The Kier molecular flexibility index (Phi) is 5.30. The predicted octanol–water partition coefficient (Wildman–Crippen LogP) is 3.66. The van der Waals surface area contributed by atoms with Crippen LogP contribution in [0.25, 0.3) is 0 Å². The third-order valence-corrected chi connectivity index (χ3v) is 5.43. The molecular formula is C21H31N3O. The van der Waals surface area contributed by atoms with E-state index < -0.39 is 6.10 Å². The fourth-order valence-electron chi connectivity index (χ4n) is 3.67. The Balaban J connectivity index is 1.53. The van der Waals surface area contributed by atoms with Gasteiger partial charge in [-0.2, -0.15) is 0 Å². The summed E-state index contributed by atoms with van der Waals surface area (Å²) in [7, 11) is 1.95. The van der Waals surface area contributed by atoms with Crippen LogP contribution in [0, 0.1) is 5.92 Å². The van der Waals surface area contributed by atoms with Crippen LogP contribution in [0.4, 0.5) is 0 Å². The van der Waals surface area contributed by atoms with Crippen molar-refractivity contribution >= 4 is 0 Å². The van der Waals surface area contributed by atoms with E-state index in [4.69, 9.17) is 0 Å². The molecule has 4 heteroatoms. The summed E-state index contributed by atoms with van der Waals surface area (Å²) in [5.41, 5.74) is 2.96. The lowest BCUT2D eigenvalue weighted by Crippen LogP contribution is -2.35. The Morgan fingerprint density at radius 1 is 1.16 bits per heavy atom. The summed E-state index contributed by atoms with van der Waals surface area (Å²) in [5, 5.41) is 10.6. The van der Waals surface area contributed by atoms with Crippen LogP contribution in [-0.4, -0.2) is 32.6 Å². The molecule has 1 aliphatic heterocycles. The second-order valence-corrected chi connectivity index (χ2v) is 8.40. The van der Waals surface area contributed by atoms with E-state index in [1.54, 1.807) is 6.20 Å². The molecule has 1 saturated heterocycles. The van der Waals surface area contributed by atoms with Crippen molar-refractivity contribution in [3.8, 4) is 0 Å². The lowest BCUT2D eigenvalue weighted by Gasteiger charge is -2.34. The van der Waals surface area contributed by atoms with Gasteiger partial charge in [0, 0.05) is 26.0 Å². The molecule has 0 saturated carbocycles. The first-order valence-electron chi connectivity index (χ1n) is 9.31. The summed E-state index contributed by atoms with van der Waals surface area (Å²) in [4.78, 5) is 6.80. The molecule has 4 nitrogen and oxygen atoms in total. The highest BCUT2D eigenvalue weighted by Crippen LogP contribution is 2.30. The standard InChI is InChI=1S/C21H31N3O/c1-21(2,3)18-7-5-16(6-8-18)15-24-12-9-17(10-13-24)19(25)20-22-11-14-23(20)4/h5-8,11,14,17,19,25H,9-10,12-13,15H2,1-4H3. The molecule has 2 heterocycles. The second kappa shape index (κ2) is 7.30. The molecule has 1 aromatic carbocycles. The van der Waals surface area contributed by atoms with Crippen molar-refractivity contribution in [2.45, 2.75) is 51.7 Å². The van der Waals surface area contributed by atoms with Gasteiger partial charge in [0.15, 0.2) is 0 Å². The van der Waals surface area contributed by atoms with Crippen molar-refractivity contribution in [3.63, 3.8) is 0 Å². The number of rotatable bonds is 4. The topological polar surface area (TPSA) is 41.3 Å². The molecule has 0 spiro atoms. The van der Waals surface area contributed by atoms with Gasteiger partial charge in [-0.25, -0.2) is 4.98 Å². The quantitative estimate of drug-likeness (QED) is 0.923. The zero-order valence-electron chi connectivity index (χ0n) is 15.9. The van der Waals surface area contributed by atoms with Crippen LogP contribution in [-0.2, 0) is 19.0 Å². The first kappa shape index (κ1) is 18.2. The Morgan fingerprint density at radius 3 is 2.32 bits per heavy atom. The van der Waals surface area contributed by atoms with Gasteiger partial charge in [0.2, 0.25) is 0 Å². The highest BCUT2D eigenvalue weighted by molar-refractivity contribution is 5.27. The zero-order valence-corrected chi connectivity index (χ0v) is 15.9. The molecule has 25 heavy (non-hydrogen) atoms. The van der Waals surface area contributed by atoms with Crippen molar-refractivity contribution in [3.05, 3.63) is 53.6 Å². The van der Waals surface area contributed by atoms with Gasteiger partial charge in [0.05, 0.1) is 0 Å². The fraction of sp³-hybridized carbons (Fsp3) is 0.571. The first-order chi connectivity index (χ1) is 11.8. The lowest BCUT2D eigenvalue weighted by atomic mass is 9.86. The molecule has 1 N–H and O–H groups in total. The number of aliphatic hydroxyl groups is 1. The van der Waals surface area contributed by atoms with Crippen molar-refractivity contribution in [1.82, 2.24) is 14.5 Å². The van der Waals surface area contributed by atoms with Gasteiger partial charge in [0.1, 0.15) is 11.9 Å². The van der Waals surface area contributed by atoms with Crippen LogP contribution >= 0.6 is 0 Å². The summed E-state index contributed by atoms with van der Waals surface area (Å²) in [6.45, 7) is 9.81. The van der Waals surface area contributed by atoms with E-state index in [-0.39, 0.29) is 5.41 Å². The minimum atomic E-state index is -0.451. The number of imidazole rings is 1. The number of hydrogen-bond acceptors (Lipinski definition) is 3. The maximum Gasteiger partial charge on any atom is 0.137 e. The summed E-state index contributed by atoms with van der Waals surface area (Å²) in [6, 6.07) is 9.03. The summed E-state index contributed by atoms with van der Waals surface area (Å²) < 4.78 is 1.92. The fourth-order valence-corrected chi connectivity index (χ4v) is 3.67. The molecule has 136 valence electrons. The zero-order chi connectivity index (χ0) is 18.0. The Labute approximate surface area is 151 Å². The molecule has 1 aliphatic rings. The molecule has 1 aromatic heterocycles. The van der Waals surface area contributed by atoms with Gasteiger partial charge in [-0.15, -0.1) is 0 Å². The number of nitrogens with zero attached hydrogens (tertiary/aromatic N) is 3. The van der Waals surface area contributed by atoms with Crippen LogP contribution in [0.15, 0.2) is 36.7 Å². The monoisotopic (exact) mass is 341 g/mol. The maximum atomic E-state index is 10.6. The maximum absolute atomic E-state index is 10.6. The first-order valence-corrected chi connectivity index (χ1v) is 9.31. The molecule has 1 fully saturated rings. The van der Waals surface area contributed by atoms with E-state index in [0.717, 1.165) is 38.3 Å². The number of likely N-dealkylation sites (tertiary alicyclic amines) is 1. The molecule has 0 radical (unpaired) electrons. The minimum Gasteiger partial charge on any atom is -0.385 e. The number of hydrogen-bond donors (Lipinski definition) is 1. The van der Waals surface area contributed by atoms with Crippen molar-refractivity contribution in [2.75, 3.05) is 13.1 Å². The van der Waals surface area contributed by atoms with Gasteiger partial charge in [0.25, 0.3) is 0 Å². The van der Waals surface area contributed by atoms with Gasteiger partial charge in [-0.1, -0.05) is 45.0 Å². The van der Waals surface area contributed by atoms with Crippen LogP contribution < -0.4 is 0 Å². The van der Waals surface area contributed by atoms with E-state index in [1.807, 2.05) is 17.8 Å². The van der Waals surface area contributed by atoms with E-state index in [1.165, 1.54) is 11.1 Å². The van der Waals surface area contributed by atoms with E-state index in [9.17, 15) is 5.11 Å².